The standard InChI is InChI=1S/C22H25N3O5S/c26-21(24-12-14-25(15-13-24)22(27)20-7-4-16-30-20)17-8-10-19(11-9-17)31(28,29)23-18-5-2-1-3-6-18/h1-3,5-6,8-11,20,23H,4,7,12-16H2. The topological polar surface area (TPSA) is 96.0 Å². The summed E-state index contributed by atoms with van der Waals surface area (Å²) in [5.41, 5.74) is 0.885. The highest BCUT2D eigenvalue weighted by atomic mass is 32.2. The van der Waals surface area contributed by atoms with Crippen LogP contribution < -0.4 is 4.72 Å². The molecule has 2 aliphatic heterocycles. The number of carbonyl (C=O) groups excluding carboxylic acids is 2. The Bertz CT molecular complexity index is 1030. The van der Waals surface area contributed by atoms with Gasteiger partial charge >= 0.3 is 0 Å². The molecular formula is C22H25N3O5S. The van der Waals surface area contributed by atoms with E-state index in [0.717, 1.165) is 12.8 Å². The highest BCUT2D eigenvalue weighted by molar-refractivity contribution is 7.92. The van der Waals surface area contributed by atoms with Gasteiger partial charge in [-0.2, -0.15) is 0 Å². The molecule has 2 saturated heterocycles. The third-order valence-electron chi connectivity index (χ3n) is 5.52. The molecular weight excluding hydrogens is 418 g/mol. The molecule has 2 aromatic rings. The predicted molar refractivity (Wildman–Crippen MR) is 115 cm³/mol. The summed E-state index contributed by atoms with van der Waals surface area (Å²) in [6, 6.07) is 14.5. The van der Waals surface area contributed by atoms with Gasteiger partial charge in [-0.05, 0) is 49.2 Å². The third kappa shape index (κ3) is 4.88. The van der Waals surface area contributed by atoms with Crippen molar-refractivity contribution in [3.8, 4) is 0 Å². The fraction of sp³-hybridized carbons (Fsp3) is 0.364. The number of hydrogen-bond donors (Lipinski definition) is 1. The largest absolute Gasteiger partial charge is 0.368 e. The van der Waals surface area contributed by atoms with Crippen molar-refractivity contribution in [1.82, 2.24) is 9.80 Å². The van der Waals surface area contributed by atoms with Crippen LogP contribution in [0.5, 0.6) is 0 Å². The molecule has 0 saturated carbocycles. The van der Waals surface area contributed by atoms with Crippen molar-refractivity contribution in [1.29, 1.82) is 0 Å². The van der Waals surface area contributed by atoms with E-state index in [-0.39, 0.29) is 22.8 Å². The summed E-state index contributed by atoms with van der Waals surface area (Å²) in [5.74, 6) is -0.172. The third-order valence-corrected chi connectivity index (χ3v) is 6.92. The summed E-state index contributed by atoms with van der Waals surface area (Å²) < 4.78 is 33.1. The van der Waals surface area contributed by atoms with Crippen LogP contribution in [0.2, 0.25) is 0 Å². The second-order valence-electron chi connectivity index (χ2n) is 7.62. The summed E-state index contributed by atoms with van der Waals surface area (Å²) in [7, 11) is -3.74. The summed E-state index contributed by atoms with van der Waals surface area (Å²) in [5, 5.41) is 0. The van der Waals surface area contributed by atoms with Gasteiger partial charge in [0.1, 0.15) is 6.10 Å². The number of nitrogens with zero attached hydrogens (tertiary/aromatic N) is 2. The van der Waals surface area contributed by atoms with Gasteiger partial charge in [0.15, 0.2) is 0 Å². The first-order valence-corrected chi connectivity index (χ1v) is 11.8. The van der Waals surface area contributed by atoms with Gasteiger partial charge in [0.2, 0.25) is 0 Å². The van der Waals surface area contributed by atoms with Crippen LogP contribution in [0.4, 0.5) is 5.69 Å². The van der Waals surface area contributed by atoms with E-state index >= 15 is 0 Å². The van der Waals surface area contributed by atoms with Crippen LogP contribution in [0.3, 0.4) is 0 Å². The van der Waals surface area contributed by atoms with Gasteiger partial charge in [-0.3, -0.25) is 14.3 Å². The van der Waals surface area contributed by atoms with E-state index in [1.807, 2.05) is 0 Å². The van der Waals surface area contributed by atoms with Crippen molar-refractivity contribution in [3.05, 3.63) is 60.2 Å². The highest BCUT2D eigenvalue weighted by Crippen LogP contribution is 2.19. The van der Waals surface area contributed by atoms with Gasteiger partial charge < -0.3 is 14.5 Å². The van der Waals surface area contributed by atoms with E-state index in [4.69, 9.17) is 4.74 Å². The van der Waals surface area contributed by atoms with Crippen LogP contribution in [0, 0.1) is 0 Å². The summed E-state index contributed by atoms with van der Waals surface area (Å²) in [6.45, 7) is 2.44. The Morgan fingerprint density at radius 3 is 2.16 bits per heavy atom. The second kappa shape index (κ2) is 9.07. The maximum atomic E-state index is 12.8. The molecule has 0 bridgehead atoms. The number of benzene rings is 2. The minimum absolute atomic E-state index is 0.00470. The maximum absolute atomic E-state index is 12.8. The fourth-order valence-corrected chi connectivity index (χ4v) is 4.84. The zero-order chi connectivity index (χ0) is 21.8. The highest BCUT2D eigenvalue weighted by Gasteiger charge is 2.31. The van der Waals surface area contributed by atoms with Crippen molar-refractivity contribution >= 4 is 27.5 Å². The Kier molecular flexibility index (Phi) is 6.24. The minimum Gasteiger partial charge on any atom is -0.368 e. The zero-order valence-corrected chi connectivity index (χ0v) is 17.9. The Morgan fingerprint density at radius 1 is 0.903 bits per heavy atom. The van der Waals surface area contributed by atoms with Crippen molar-refractivity contribution in [2.75, 3.05) is 37.5 Å². The number of rotatable bonds is 5. The van der Waals surface area contributed by atoms with E-state index in [9.17, 15) is 18.0 Å². The molecule has 0 aromatic heterocycles. The molecule has 0 radical (unpaired) electrons. The molecule has 0 spiro atoms. The molecule has 2 heterocycles. The molecule has 8 nitrogen and oxygen atoms in total. The minimum atomic E-state index is -3.74. The number of sulfonamides is 1. The molecule has 164 valence electrons. The molecule has 2 amide bonds. The quantitative estimate of drug-likeness (QED) is 0.762. The van der Waals surface area contributed by atoms with Crippen LogP contribution in [-0.4, -0.2) is 68.9 Å². The van der Waals surface area contributed by atoms with Gasteiger partial charge in [-0.1, -0.05) is 18.2 Å². The fourth-order valence-electron chi connectivity index (χ4n) is 3.79. The van der Waals surface area contributed by atoms with Crippen LogP contribution in [0.15, 0.2) is 59.5 Å². The molecule has 2 fully saturated rings. The lowest BCUT2D eigenvalue weighted by Gasteiger charge is -2.35. The SMILES string of the molecule is O=C(c1ccc(S(=O)(=O)Nc2ccccc2)cc1)N1CCN(C(=O)C2CCCO2)CC1. The first kappa shape index (κ1) is 21.3. The summed E-state index contributed by atoms with van der Waals surface area (Å²) in [6.07, 6.45) is 1.31. The Labute approximate surface area is 181 Å². The van der Waals surface area contributed by atoms with Crippen LogP contribution in [0.25, 0.3) is 0 Å². The molecule has 9 heteroatoms. The van der Waals surface area contributed by atoms with E-state index in [1.54, 1.807) is 40.1 Å². The Morgan fingerprint density at radius 2 is 1.55 bits per heavy atom. The number of amides is 2. The van der Waals surface area contributed by atoms with Gasteiger partial charge in [0.05, 0.1) is 4.90 Å². The lowest BCUT2D eigenvalue weighted by Crippen LogP contribution is -2.52. The number of piperazine rings is 1. The lowest BCUT2D eigenvalue weighted by atomic mass is 10.1. The van der Waals surface area contributed by atoms with Gasteiger partial charge in [0, 0.05) is 44.0 Å². The Balaban J connectivity index is 1.36. The molecule has 1 N–H and O–H groups in total. The number of carbonyl (C=O) groups is 2. The average Bonchev–Trinajstić information content (AvgIpc) is 3.34. The molecule has 2 aliphatic rings. The number of para-hydroxylation sites is 1. The number of hydrogen-bond acceptors (Lipinski definition) is 5. The van der Waals surface area contributed by atoms with Gasteiger partial charge in [-0.25, -0.2) is 8.42 Å². The van der Waals surface area contributed by atoms with Gasteiger partial charge in [-0.15, -0.1) is 0 Å². The predicted octanol–water partition coefficient (Wildman–Crippen LogP) is 1.95. The van der Waals surface area contributed by atoms with Crippen LogP contribution in [0.1, 0.15) is 23.2 Å². The molecule has 0 aliphatic carbocycles. The second-order valence-corrected chi connectivity index (χ2v) is 9.30. The van der Waals surface area contributed by atoms with Crippen molar-refractivity contribution < 1.29 is 22.7 Å². The maximum Gasteiger partial charge on any atom is 0.261 e. The number of ether oxygens (including phenoxy) is 1. The van der Waals surface area contributed by atoms with Crippen LogP contribution in [-0.2, 0) is 19.6 Å². The molecule has 1 unspecified atom stereocenters. The van der Waals surface area contributed by atoms with Crippen molar-refractivity contribution in [2.24, 2.45) is 0 Å². The molecule has 4 rings (SSSR count). The van der Waals surface area contributed by atoms with Crippen molar-refractivity contribution in [3.63, 3.8) is 0 Å². The van der Waals surface area contributed by atoms with E-state index in [2.05, 4.69) is 4.72 Å². The molecule has 1 atom stereocenters. The van der Waals surface area contributed by atoms with Crippen molar-refractivity contribution in [2.45, 2.75) is 23.8 Å². The monoisotopic (exact) mass is 443 g/mol. The summed E-state index contributed by atoms with van der Waals surface area (Å²) >= 11 is 0. The normalized spacial score (nSPS) is 19.3. The number of anilines is 1. The molecule has 2 aromatic carbocycles. The van der Waals surface area contributed by atoms with Crippen LogP contribution >= 0.6 is 0 Å². The average molecular weight is 444 g/mol. The lowest BCUT2D eigenvalue weighted by molar-refractivity contribution is -0.142. The first-order chi connectivity index (χ1) is 14.9. The smallest absolute Gasteiger partial charge is 0.261 e. The summed E-state index contributed by atoms with van der Waals surface area (Å²) in [4.78, 5) is 28.8. The Hall–Kier alpha value is -2.91. The number of nitrogens with one attached hydrogen (secondary N) is 1. The zero-order valence-electron chi connectivity index (χ0n) is 17.1. The molecule has 31 heavy (non-hydrogen) atoms. The van der Waals surface area contributed by atoms with Gasteiger partial charge in [0.25, 0.3) is 21.8 Å². The van der Waals surface area contributed by atoms with E-state index in [0.29, 0.717) is 44.0 Å². The van der Waals surface area contributed by atoms with E-state index in [1.165, 1.54) is 24.3 Å². The first-order valence-electron chi connectivity index (χ1n) is 10.3. The van der Waals surface area contributed by atoms with E-state index < -0.39 is 10.0 Å².